The Hall–Kier alpha value is -1.80. The number of nitro groups is 1. The summed E-state index contributed by atoms with van der Waals surface area (Å²) in [5, 5.41) is 10.4. The molecule has 3 unspecified atom stereocenters. The smallest absolute Gasteiger partial charge is 0.357 e. The Kier molecular flexibility index (Phi) is 9.26. The van der Waals surface area contributed by atoms with Gasteiger partial charge < -0.3 is 9.16 Å². The minimum absolute atomic E-state index is 0.0190. The lowest BCUT2D eigenvalue weighted by Gasteiger charge is -2.50. The van der Waals surface area contributed by atoms with E-state index in [-0.39, 0.29) is 51.3 Å². The van der Waals surface area contributed by atoms with E-state index in [0.717, 1.165) is 11.8 Å². The van der Waals surface area contributed by atoms with Crippen LogP contribution < -0.4 is 0 Å². The summed E-state index contributed by atoms with van der Waals surface area (Å²) in [6.07, 6.45) is 1.54. The van der Waals surface area contributed by atoms with Crippen LogP contribution in [0, 0.1) is 16.0 Å². The number of nitrogens with zero attached hydrogens (tertiary/aromatic N) is 2. The third-order valence-corrected chi connectivity index (χ3v) is 14.8. The van der Waals surface area contributed by atoms with E-state index in [0.29, 0.717) is 9.80 Å². The normalized spacial score (nSPS) is 22.5. The summed E-state index contributed by atoms with van der Waals surface area (Å²) < 4.78 is 12.5. The van der Waals surface area contributed by atoms with Crippen molar-refractivity contribution < 1.29 is 28.5 Å². The van der Waals surface area contributed by atoms with Crippen LogP contribution in [0.2, 0.25) is 18.1 Å². The van der Waals surface area contributed by atoms with E-state index in [4.69, 9.17) is 9.16 Å². The minimum atomic E-state index is -2.13. The summed E-state index contributed by atoms with van der Waals surface area (Å²) in [5.74, 6) is -1.18. The third-order valence-electron chi connectivity index (χ3n) is 6.79. The highest BCUT2D eigenvalue weighted by Crippen LogP contribution is 2.48. The third kappa shape index (κ3) is 6.44. The molecule has 37 heavy (non-hydrogen) atoms. The van der Waals surface area contributed by atoms with Crippen LogP contribution in [0.4, 0.5) is 5.69 Å². The maximum atomic E-state index is 13.5. The van der Waals surface area contributed by atoms with Gasteiger partial charge in [0, 0.05) is 12.1 Å². The second kappa shape index (κ2) is 11.5. The molecule has 1 aromatic rings. The zero-order valence-electron chi connectivity index (χ0n) is 21.9. The monoisotopic (exact) mass is 584 g/mol. The van der Waals surface area contributed by atoms with E-state index in [1.807, 2.05) is 13.2 Å². The molecule has 2 saturated heterocycles. The quantitative estimate of drug-likeness (QED) is 0.0936. The molecule has 2 heterocycles. The summed E-state index contributed by atoms with van der Waals surface area (Å²) in [6.45, 7) is 12.5. The van der Waals surface area contributed by atoms with Gasteiger partial charge in [-0.25, -0.2) is 4.79 Å². The molecule has 0 spiro atoms. The Balaban J connectivity index is 1.82. The number of benzene rings is 1. The number of hydrogen-bond acceptors (Lipinski definition) is 10. The standard InChI is InChI=1S/C24H32N2O7S3Si/c1-14(33-37(6,7)24(2,3)4)18-20(28)25(21(18)34-5)19(23-35-13-17(27)36-23)22(29)32-12-15-8-10-16(11-9-15)26(30)31/h8-11,14,18,21H,12-13H2,1-7H3. The summed E-state index contributed by atoms with van der Waals surface area (Å²) in [5.41, 5.74) is 0.573. The first-order valence-electron chi connectivity index (χ1n) is 11.7. The number of thioether (sulfide) groups is 3. The SMILES string of the molecule is CSC1C(C(C)O[Si](C)(C)C(C)(C)C)C(=O)N1C(C(=O)OCc1ccc([N+](=O)[O-])cc1)=C1SCC(=O)S1. The van der Waals surface area contributed by atoms with Gasteiger partial charge in [0.2, 0.25) is 11.0 Å². The average molecular weight is 585 g/mol. The summed E-state index contributed by atoms with van der Waals surface area (Å²) >= 11 is 3.61. The first-order valence-corrected chi connectivity index (χ1v) is 17.7. The van der Waals surface area contributed by atoms with E-state index >= 15 is 0 Å². The number of carbonyl (C=O) groups excluding carboxylic acids is 3. The number of rotatable bonds is 9. The highest BCUT2D eigenvalue weighted by Gasteiger charge is 2.55. The highest BCUT2D eigenvalue weighted by molar-refractivity contribution is 8.34. The van der Waals surface area contributed by atoms with E-state index in [2.05, 4.69) is 33.9 Å². The number of β-lactam (4-membered cyclic amide) rings is 1. The van der Waals surface area contributed by atoms with Gasteiger partial charge in [0.15, 0.2) is 14.0 Å². The predicted molar refractivity (Wildman–Crippen MR) is 150 cm³/mol. The molecule has 0 aliphatic carbocycles. The van der Waals surface area contributed by atoms with Crippen molar-refractivity contribution in [3.05, 3.63) is 49.9 Å². The lowest BCUT2D eigenvalue weighted by molar-refractivity contribution is -0.384. The van der Waals surface area contributed by atoms with Crippen LogP contribution in [0.25, 0.3) is 0 Å². The van der Waals surface area contributed by atoms with Crippen LogP contribution in [0.5, 0.6) is 0 Å². The molecule has 2 aliphatic heterocycles. The highest BCUT2D eigenvalue weighted by atomic mass is 32.2. The van der Waals surface area contributed by atoms with Crippen LogP contribution in [0.15, 0.2) is 34.2 Å². The van der Waals surface area contributed by atoms with Crippen LogP contribution in [0.1, 0.15) is 33.3 Å². The number of carbonyl (C=O) groups is 3. The largest absolute Gasteiger partial charge is 0.456 e. The van der Waals surface area contributed by atoms with Crippen LogP contribution >= 0.6 is 35.3 Å². The number of hydrogen-bond donors (Lipinski definition) is 0. The molecule has 0 N–H and O–H groups in total. The molecule has 3 rings (SSSR count). The number of ether oxygens (including phenoxy) is 1. The van der Waals surface area contributed by atoms with Crippen molar-refractivity contribution in [3.63, 3.8) is 0 Å². The van der Waals surface area contributed by atoms with Gasteiger partial charge in [-0.3, -0.25) is 24.6 Å². The second-order valence-corrected chi connectivity index (χ2v) is 18.4. The van der Waals surface area contributed by atoms with Crippen LogP contribution in [-0.4, -0.2) is 58.6 Å². The number of amides is 1. The molecule has 2 aliphatic rings. The van der Waals surface area contributed by atoms with Gasteiger partial charge in [-0.2, -0.15) is 0 Å². The molecule has 13 heteroatoms. The number of non-ortho nitro benzene ring substituents is 1. The summed E-state index contributed by atoms with van der Waals surface area (Å²) in [4.78, 5) is 50.6. The lowest BCUT2D eigenvalue weighted by Crippen LogP contribution is -2.64. The Morgan fingerprint density at radius 3 is 2.38 bits per heavy atom. The number of nitro benzene ring substituents is 1. The summed E-state index contributed by atoms with van der Waals surface area (Å²) in [6, 6.07) is 5.69. The maximum Gasteiger partial charge on any atom is 0.357 e. The Labute approximate surface area is 230 Å². The Morgan fingerprint density at radius 1 is 1.27 bits per heavy atom. The predicted octanol–water partition coefficient (Wildman–Crippen LogP) is 5.37. The molecule has 3 atom stereocenters. The number of likely N-dealkylation sites (tertiary alicyclic amines) is 1. The molecule has 0 saturated carbocycles. The van der Waals surface area contributed by atoms with Gasteiger partial charge in [-0.1, -0.05) is 20.8 Å². The minimum Gasteiger partial charge on any atom is -0.456 e. The van der Waals surface area contributed by atoms with Gasteiger partial charge >= 0.3 is 5.97 Å². The fraction of sp³-hybridized carbons (Fsp3) is 0.542. The molecular weight excluding hydrogens is 553 g/mol. The van der Waals surface area contributed by atoms with Crippen molar-refractivity contribution in [3.8, 4) is 0 Å². The van der Waals surface area contributed by atoms with E-state index in [1.165, 1.54) is 52.7 Å². The first-order chi connectivity index (χ1) is 17.2. The van der Waals surface area contributed by atoms with Crippen molar-refractivity contribution in [2.45, 2.75) is 63.9 Å². The topological polar surface area (TPSA) is 116 Å². The van der Waals surface area contributed by atoms with E-state index < -0.39 is 25.1 Å². The van der Waals surface area contributed by atoms with Gasteiger partial charge in [-0.05, 0) is 60.8 Å². The van der Waals surface area contributed by atoms with Crippen molar-refractivity contribution in [2.24, 2.45) is 5.92 Å². The lowest BCUT2D eigenvalue weighted by atomic mass is 9.92. The second-order valence-electron chi connectivity index (χ2n) is 10.3. The Bertz CT molecular complexity index is 1120. The summed E-state index contributed by atoms with van der Waals surface area (Å²) in [7, 11) is -2.13. The van der Waals surface area contributed by atoms with Crippen molar-refractivity contribution in [1.82, 2.24) is 4.90 Å². The zero-order chi connectivity index (χ0) is 27.7. The molecule has 0 bridgehead atoms. The zero-order valence-corrected chi connectivity index (χ0v) is 25.4. The molecular formula is C24H32N2O7S3Si. The molecule has 2 fully saturated rings. The number of esters is 1. The average Bonchev–Trinajstić information content (AvgIpc) is 3.23. The van der Waals surface area contributed by atoms with Gasteiger partial charge in [0.1, 0.15) is 6.61 Å². The van der Waals surface area contributed by atoms with E-state index in [9.17, 15) is 24.5 Å². The fourth-order valence-corrected chi connectivity index (χ4v) is 8.37. The van der Waals surface area contributed by atoms with Crippen molar-refractivity contribution in [1.29, 1.82) is 0 Å². The Morgan fingerprint density at radius 2 is 1.89 bits per heavy atom. The van der Waals surface area contributed by atoms with Crippen molar-refractivity contribution in [2.75, 3.05) is 12.0 Å². The van der Waals surface area contributed by atoms with Crippen LogP contribution in [0.3, 0.4) is 0 Å². The molecule has 202 valence electrons. The molecule has 1 amide bonds. The molecule has 9 nitrogen and oxygen atoms in total. The van der Waals surface area contributed by atoms with Gasteiger partial charge in [0.25, 0.3) is 5.69 Å². The van der Waals surface area contributed by atoms with Gasteiger partial charge in [-0.15, -0.1) is 23.5 Å². The van der Waals surface area contributed by atoms with Crippen molar-refractivity contribution >= 4 is 66.3 Å². The van der Waals surface area contributed by atoms with Crippen LogP contribution in [-0.2, 0) is 30.2 Å². The fourth-order valence-electron chi connectivity index (χ4n) is 3.74. The first kappa shape index (κ1) is 29.7. The van der Waals surface area contributed by atoms with E-state index in [1.54, 1.807) is 0 Å². The van der Waals surface area contributed by atoms with Gasteiger partial charge in [0.05, 0.1) is 32.3 Å². The molecule has 1 aromatic carbocycles. The maximum absolute atomic E-state index is 13.5. The molecule has 0 aromatic heterocycles. The molecule has 0 radical (unpaired) electrons.